The highest BCUT2D eigenvalue weighted by molar-refractivity contribution is 5.08. The zero-order chi connectivity index (χ0) is 15.2. The van der Waals surface area contributed by atoms with Crippen molar-refractivity contribution in [3.8, 4) is 0 Å². The molecule has 2 fully saturated rings. The quantitative estimate of drug-likeness (QED) is 0.869. The van der Waals surface area contributed by atoms with Crippen molar-refractivity contribution >= 4 is 0 Å². The van der Waals surface area contributed by atoms with Gasteiger partial charge in [0.25, 0.3) is 5.56 Å². The van der Waals surface area contributed by atoms with Crippen molar-refractivity contribution in [1.29, 1.82) is 0 Å². The summed E-state index contributed by atoms with van der Waals surface area (Å²) in [5.41, 5.74) is -0.857. The molecule has 2 aliphatic heterocycles. The Balaban J connectivity index is 2.07. The van der Waals surface area contributed by atoms with Crippen molar-refractivity contribution in [1.82, 2.24) is 9.55 Å². The Morgan fingerprint density at radius 1 is 1.52 bits per heavy atom. The van der Waals surface area contributed by atoms with Gasteiger partial charge >= 0.3 is 5.69 Å². The maximum Gasteiger partial charge on any atom is 0.330 e. The molecule has 1 aromatic heterocycles. The molecule has 3 rings (SSSR count). The highest BCUT2D eigenvalue weighted by atomic mass is 16.6. The van der Waals surface area contributed by atoms with Gasteiger partial charge in [-0.15, -0.1) is 0 Å². The lowest BCUT2D eigenvalue weighted by atomic mass is 9.87. The van der Waals surface area contributed by atoms with Gasteiger partial charge in [0.1, 0.15) is 17.8 Å². The number of nitrogens with one attached hydrogen (secondary N) is 1. The molecule has 116 valence electrons. The summed E-state index contributed by atoms with van der Waals surface area (Å²) in [7, 11) is 1.63. The molecule has 3 heterocycles. The van der Waals surface area contributed by atoms with E-state index in [1.54, 1.807) is 14.0 Å². The van der Waals surface area contributed by atoms with Crippen LogP contribution in [0, 0.1) is 6.92 Å². The zero-order valence-electron chi connectivity index (χ0n) is 12.4. The van der Waals surface area contributed by atoms with Crippen LogP contribution in [0.25, 0.3) is 0 Å². The molecule has 1 N–H and O–H groups in total. The molecule has 7 heteroatoms. The predicted molar refractivity (Wildman–Crippen MR) is 74.4 cm³/mol. The molecule has 0 radical (unpaired) electrons. The van der Waals surface area contributed by atoms with Crippen LogP contribution in [0.1, 0.15) is 31.6 Å². The Labute approximate surface area is 121 Å². The summed E-state index contributed by atoms with van der Waals surface area (Å²) in [5.74, 6) is 0. The van der Waals surface area contributed by atoms with E-state index in [0.717, 1.165) is 12.8 Å². The van der Waals surface area contributed by atoms with Crippen LogP contribution < -0.4 is 11.2 Å². The molecule has 0 spiro atoms. The first-order valence-electron chi connectivity index (χ1n) is 7.16. The molecule has 7 nitrogen and oxygen atoms in total. The van der Waals surface area contributed by atoms with Crippen LogP contribution in [0.2, 0.25) is 0 Å². The molecule has 1 aromatic rings. The Morgan fingerprint density at radius 3 is 2.90 bits per heavy atom. The third-order valence-corrected chi connectivity index (χ3v) is 4.56. The summed E-state index contributed by atoms with van der Waals surface area (Å²) in [4.78, 5) is 25.9. The van der Waals surface area contributed by atoms with Crippen LogP contribution >= 0.6 is 0 Å². The van der Waals surface area contributed by atoms with Crippen LogP contribution in [0.4, 0.5) is 0 Å². The monoisotopic (exact) mass is 296 g/mol. The van der Waals surface area contributed by atoms with Crippen molar-refractivity contribution in [2.24, 2.45) is 0 Å². The molecular weight excluding hydrogens is 276 g/mol. The van der Waals surface area contributed by atoms with Gasteiger partial charge in [0, 0.05) is 25.3 Å². The first-order valence-corrected chi connectivity index (χ1v) is 7.16. The van der Waals surface area contributed by atoms with E-state index in [1.807, 2.05) is 6.92 Å². The van der Waals surface area contributed by atoms with Gasteiger partial charge in [0.05, 0.1) is 6.61 Å². The smallest absolute Gasteiger partial charge is 0.330 e. The van der Waals surface area contributed by atoms with Gasteiger partial charge < -0.3 is 14.2 Å². The highest BCUT2D eigenvalue weighted by Gasteiger charge is 2.58. The minimum Gasteiger partial charge on any atom is -0.376 e. The minimum absolute atomic E-state index is 0.222. The van der Waals surface area contributed by atoms with E-state index in [1.165, 1.54) is 10.8 Å². The Kier molecular flexibility index (Phi) is 3.51. The number of rotatable bonds is 3. The van der Waals surface area contributed by atoms with E-state index >= 15 is 0 Å². The summed E-state index contributed by atoms with van der Waals surface area (Å²) in [6, 6.07) is 0. The van der Waals surface area contributed by atoms with Gasteiger partial charge in [0.15, 0.2) is 6.23 Å². The fraction of sp³-hybridized carbons (Fsp3) is 0.714. The molecule has 0 aromatic carbocycles. The second kappa shape index (κ2) is 5.08. The van der Waals surface area contributed by atoms with Crippen molar-refractivity contribution in [3.05, 3.63) is 32.6 Å². The molecule has 2 aliphatic rings. The number of H-pyrrole nitrogens is 1. The normalized spacial score (nSPS) is 35.1. The van der Waals surface area contributed by atoms with Crippen molar-refractivity contribution in [3.63, 3.8) is 0 Å². The van der Waals surface area contributed by atoms with Gasteiger partial charge in [-0.1, -0.05) is 6.92 Å². The maximum atomic E-state index is 12.1. The van der Waals surface area contributed by atoms with Gasteiger partial charge in [-0.05, 0) is 13.3 Å². The van der Waals surface area contributed by atoms with E-state index in [-0.39, 0.29) is 17.8 Å². The van der Waals surface area contributed by atoms with E-state index in [0.29, 0.717) is 12.2 Å². The molecule has 0 aliphatic carbocycles. The molecular formula is C14H20N2O5. The highest BCUT2D eigenvalue weighted by Crippen LogP contribution is 2.46. The van der Waals surface area contributed by atoms with E-state index < -0.39 is 17.5 Å². The number of aromatic nitrogens is 2. The number of aryl methyl sites for hydroxylation is 1. The largest absolute Gasteiger partial charge is 0.376 e. The fourth-order valence-electron chi connectivity index (χ4n) is 3.36. The van der Waals surface area contributed by atoms with Gasteiger partial charge in [-0.2, -0.15) is 0 Å². The van der Waals surface area contributed by atoms with Gasteiger partial charge in [-0.25, -0.2) is 4.79 Å². The van der Waals surface area contributed by atoms with Crippen LogP contribution in [-0.2, 0) is 14.2 Å². The second-order valence-corrected chi connectivity index (χ2v) is 5.65. The lowest BCUT2D eigenvalue weighted by Crippen LogP contribution is -2.49. The minimum atomic E-state index is -0.583. The lowest BCUT2D eigenvalue weighted by molar-refractivity contribution is -0.136. The van der Waals surface area contributed by atoms with Crippen LogP contribution in [0.15, 0.2) is 15.8 Å². The number of ether oxygens (including phenoxy) is 3. The summed E-state index contributed by atoms with van der Waals surface area (Å²) in [6.07, 6.45) is 1.87. The van der Waals surface area contributed by atoms with Crippen molar-refractivity contribution in [2.45, 2.75) is 50.7 Å². The van der Waals surface area contributed by atoms with Crippen molar-refractivity contribution in [2.75, 3.05) is 13.7 Å². The first-order chi connectivity index (χ1) is 10.0. The average molecular weight is 296 g/mol. The number of hydrogen-bond donors (Lipinski definition) is 1. The number of methoxy groups -OCH3 is 1. The van der Waals surface area contributed by atoms with Crippen LogP contribution in [0.3, 0.4) is 0 Å². The van der Waals surface area contributed by atoms with Gasteiger partial charge in [-0.3, -0.25) is 14.3 Å². The third-order valence-electron chi connectivity index (χ3n) is 4.56. The molecule has 21 heavy (non-hydrogen) atoms. The summed E-state index contributed by atoms with van der Waals surface area (Å²) in [6.45, 7) is 4.27. The Bertz CT molecular complexity index is 651. The number of hydrogen-bond acceptors (Lipinski definition) is 5. The molecule has 1 unspecified atom stereocenters. The van der Waals surface area contributed by atoms with E-state index in [2.05, 4.69) is 4.98 Å². The number of aromatic amines is 1. The van der Waals surface area contributed by atoms with Crippen LogP contribution in [0.5, 0.6) is 0 Å². The third kappa shape index (κ3) is 2.07. The molecule has 2 bridgehead atoms. The molecule has 2 saturated heterocycles. The lowest BCUT2D eigenvalue weighted by Gasteiger charge is -2.36. The van der Waals surface area contributed by atoms with E-state index in [4.69, 9.17) is 14.2 Å². The summed E-state index contributed by atoms with van der Waals surface area (Å²) in [5, 5.41) is 0. The standard InChI is InChI=1S/C14H20N2O5/c1-4-14-5-6-20-9(10(14)19-3)12(21-14)16-7-8(2)11(17)15-13(16)18/h7,9-10,12H,4-6H2,1-3H3,(H,15,17,18)/t9?,10-,12-,14+/m1/s1. The van der Waals surface area contributed by atoms with Gasteiger partial charge in [0.2, 0.25) is 0 Å². The van der Waals surface area contributed by atoms with Crippen LogP contribution in [-0.4, -0.2) is 41.1 Å². The second-order valence-electron chi connectivity index (χ2n) is 5.65. The topological polar surface area (TPSA) is 82.6 Å². The summed E-state index contributed by atoms with van der Waals surface area (Å²) < 4.78 is 18.9. The Morgan fingerprint density at radius 2 is 2.29 bits per heavy atom. The maximum absolute atomic E-state index is 12.1. The Hall–Kier alpha value is -1.44. The summed E-state index contributed by atoms with van der Waals surface area (Å²) >= 11 is 0. The zero-order valence-corrected chi connectivity index (χ0v) is 12.4. The fourth-order valence-corrected chi connectivity index (χ4v) is 3.36. The van der Waals surface area contributed by atoms with E-state index in [9.17, 15) is 9.59 Å². The molecule has 0 amide bonds. The number of nitrogens with zero attached hydrogens (tertiary/aromatic N) is 1. The van der Waals surface area contributed by atoms with Crippen molar-refractivity contribution < 1.29 is 14.2 Å². The number of fused-ring (bicyclic) bond motifs is 2. The molecule has 4 atom stereocenters. The molecule has 0 saturated carbocycles. The average Bonchev–Trinajstić information content (AvgIpc) is 2.65. The first kappa shape index (κ1) is 14.5. The predicted octanol–water partition coefficient (Wildman–Crippen LogP) is 0.327. The SMILES string of the molecule is CC[C@@]12CCOC([C@H](n3cc(C)c(=O)[nH]c3=O)O1)[C@H]2OC.